The monoisotopic (exact) mass is 284 g/mol. The van der Waals surface area contributed by atoms with Crippen LogP contribution < -0.4 is 4.74 Å². The minimum absolute atomic E-state index is 0.353. The van der Waals surface area contributed by atoms with Gasteiger partial charge in [-0.25, -0.2) is 9.37 Å². The third-order valence-electron chi connectivity index (χ3n) is 1.23. The zero-order valence-corrected chi connectivity index (χ0v) is 8.36. The Balaban J connectivity index is 3.18. The number of aromatic nitrogens is 1. The van der Waals surface area contributed by atoms with Crippen LogP contribution in [0.15, 0.2) is 10.7 Å². The first-order chi connectivity index (χ1) is 6.83. The summed E-state index contributed by atoms with van der Waals surface area (Å²) in [5.41, 5.74) is -0.652. The van der Waals surface area contributed by atoms with Crippen molar-refractivity contribution in [1.29, 1.82) is 5.26 Å². The summed E-state index contributed by atoms with van der Waals surface area (Å²) in [4.78, 5) is 3.23. The van der Waals surface area contributed by atoms with Gasteiger partial charge < -0.3 is 4.74 Å². The first-order valence-corrected chi connectivity index (χ1v) is 4.14. The fraction of sp³-hybridized carbons (Fsp3) is 0.143. The number of halogens is 5. The lowest BCUT2D eigenvalue weighted by Crippen LogP contribution is -2.18. The van der Waals surface area contributed by atoms with E-state index in [1.807, 2.05) is 0 Å². The summed E-state index contributed by atoms with van der Waals surface area (Å²) in [6.07, 6.45) is -4.99. The van der Waals surface area contributed by atoms with E-state index in [9.17, 15) is 17.6 Å². The molecule has 0 saturated carbocycles. The van der Waals surface area contributed by atoms with Crippen LogP contribution in [0, 0.1) is 17.1 Å². The predicted molar refractivity (Wildman–Crippen MR) is 43.3 cm³/mol. The lowest BCUT2D eigenvalue weighted by molar-refractivity contribution is -0.274. The summed E-state index contributed by atoms with van der Waals surface area (Å²) in [6, 6.07) is 1.79. The maximum absolute atomic E-state index is 12.8. The fourth-order valence-electron chi connectivity index (χ4n) is 0.732. The number of nitrogens with zero attached hydrogens (tertiary/aromatic N) is 2. The predicted octanol–water partition coefficient (Wildman–Crippen LogP) is 2.75. The molecule has 0 bridgehead atoms. The second-order valence-electron chi connectivity index (χ2n) is 2.27. The summed E-state index contributed by atoms with van der Waals surface area (Å²) in [6.45, 7) is 0. The van der Waals surface area contributed by atoms with Gasteiger partial charge >= 0.3 is 6.36 Å². The molecule has 1 heterocycles. The minimum Gasteiger partial charge on any atom is -0.403 e. The number of alkyl halides is 3. The normalized spacial score (nSPS) is 10.9. The summed E-state index contributed by atoms with van der Waals surface area (Å²) < 4.78 is 51.3. The molecule has 0 unspecified atom stereocenters. The highest BCUT2D eigenvalue weighted by Gasteiger charge is 2.33. The zero-order valence-electron chi connectivity index (χ0n) is 6.77. The van der Waals surface area contributed by atoms with E-state index in [4.69, 9.17) is 5.26 Å². The molecule has 15 heavy (non-hydrogen) atoms. The molecule has 0 radical (unpaired) electrons. The second kappa shape index (κ2) is 4.02. The van der Waals surface area contributed by atoms with Crippen molar-refractivity contribution in [3.63, 3.8) is 0 Å². The Kier molecular flexibility index (Phi) is 3.14. The summed E-state index contributed by atoms with van der Waals surface area (Å²) in [5.74, 6) is -2.01. The molecule has 8 heteroatoms. The van der Waals surface area contributed by atoms with E-state index in [1.165, 1.54) is 6.07 Å². The topological polar surface area (TPSA) is 45.9 Å². The summed E-state index contributed by atoms with van der Waals surface area (Å²) in [7, 11) is 0. The molecular weight excluding hydrogens is 284 g/mol. The van der Waals surface area contributed by atoms with Crippen LogP contribution in [0.2, 0.25) is 0 Å². The van der Waals surface area contributed by atoms with Crippen molar-refractivity contribution >= 4 is 15.9 Å². The molecule has 1 aromatic rings. The van der Waals surface area contributed by atoms with Crippen LogP contribution in [-0.2, 0) is 0 Å². The van der Waals surface area contributed by atoms with Gasteiger partial charge in [0.1, 0.15) is 10.7 Å². The van der Waals surface area contributed by atoms with Gasteiger partial charge in [-0.3, -0.25) is 0 Å². The van der Waals surface area contributed by atoms with Crippen LogP contribution in [0.1, 0.15) is 5.69 Å². The fourth-order valence-corrected chi connectivity index (χ4v) is 1.02. The zero-order chi connectivity index (χ0) is 11.6. The molecule has 0 saturated heterocycles. The molecule has 80 valence electrons. The quantitative estimate of drug-likeness (QED) is 0.588. The van der Waals surface area contributed by atoms with E-state index in [-0.39, 0.29) is 4.60 Å². The summed E-state index contributed by atoms with van der Waals surface area (Å²) >= 11 is 2.63. The van der Waals surface area contributed by atoms with Crippen molar-refractivity contribution in [2.75, 3.05) is 0 Å². The second-order valence-corrected chi connectivity index (χ2v) is 3.02. The molecule has 1 aromatic heterocycles. The van der Waals surface area contributed by atoms with E-state index >= 15 is 0 Å². The first-order valence-electron chi connectivity index (χ1n) is 3.35. The van der Waals surface area contributed by atoms with E-state index in [0.29, 0.717) is 6.07 Å². The van der Waals surface area contributed by atoms with Crippen molar-refractivity contribution in [3.8, 4) is 11.8 Å². The van der Waals surface area contributed by atoms with E-state index < -0.39 is 23.6 Å². The molecule has 0 amide bonds. The Bertz CT molecular complexity index is 426. The molecular formula is C7HBrF4N2O. The standard InChI is InChI=1S/C7HBrF4N2O/c8-6-3(9)1-5(4(2-13)14-6)15-7(10,11)12/h1H. The van der Waals surface area contributed by atoms with E-state index in [2.05, 4.69) is 25.7 Å². The lowest BCUT2D eigenvalue weighted by atomic mass is 10.3. The molecule has 0 atom stereocenters. The molecule has 0 N–H and O–H groups in total. The Morgan fingerprint density at radius 3 is 2.53 bits per heavy atom. The van der Waals surface area contributed by atoms with Gasteiger partial charge in [0.25, 0.3) is 0 Å². The largest absolute Gasteiger partial charge is 0.573 e. The van der Waals surface area contributed by atoms with Gasteiger partial charge in [0.15, 0.2) is 17.3 Å². The van der Waals surface area contributed by atoms with Gasteiger partial charge in [-0.1, -0.05) is 0 Å². The van der Waals surface area contributed by atoms with Crippen LogP contribution in [-0.4, -0.2) is 11.3 Å². The first kappa shape index (κ1) is 11.7. The van der Waals surface area contributed by atoms with Crippen molar-refractivity contribution in [1.82, 2.24) is 4.98 Å². The van der Waals surface area contributed by atoms with E-state index in [1.54, 1.807) is 0 Å². The lowest BCUT2D eigenvalue weighted by Gasteiger charge is -2.09. The number of pyridine rings is 1. The maximum atomic E-state index is 12.8. The average molecular weight is 285 g/mol. The van der Waals surface area contributed by atoms with Gasteiger partial charge in [0, 0.05) is 6.07 Å². The van der Waals surface area contributed by atoms with Gasteiger partial charge in [-0.2, -0.15) is 5.26 Å². The Hall–Kier alpha value is -1.36. The number of hydrogen-bond acceptors (Lipinski definition) is 3. The number of hydrogen-bond donors (Lipinski definition) is 0. The molecule has 0 aliphatic carbocycles. The van der Waals surface area contributed by atoms with Gasteiger partial charge in [-0.05, 0) is 15.9 Å². The van der Waals surface area contributed by atoms with Crippen LogP contribution in [0.3, 0.4) is 0 Å². The van der Waals surface area contributed by atoms with Gasteiger partial charge in [-0.15, -0.1) is 13.2 Å². The van der Waals surface area contributed by atoms with Gasteiger partial charge in [0.2, 0.25) is 0 Å². The highest BCUT2D eigenvalue weighted by molar-refractivity contribution is 9.10. The highest BCUT2D eigenvalue weighted by atomic mass is 79.9. The Morgan fingerprint density at radius 2 is 2.07 bits per heavy atom. The smallest absolute Gasteiger partial charge is 0.403 e. The molecule has 3 nitrogen and oxygen atoms in total. The summed E-state index contributed by atoms with van der Waals surface area (Å²) in [5, 5.41) is 8.43. The van der Waals surface area contributed by atoms with Crippen molar-refractivity contribution in [2.24, 2.45) is 0 Å². The van der Waals surface area contributed by atoms with Crippen LogP contribution in [0.4, 0.5) is 17.6 Å². The highest BCUT2D eigenvalue weighted by Crippen LogP contribution is 2.27. The van der Waals surface area contributed by atoms with E-state index in [0.717, 1.165) is 0 Å². The minimum atomic E-state index is -4.99. The number of ether oxygens (including phenoxy) is 1. The van der Waals surface area contributed by atoms with Crippen LogP contribution in [0.5, 0.6) is 5.75 Å². The molecule has 0 aliphatic rings. The Morgan fingerprint density at radius 1 is 1.47 bits per heavy atom. The molecule has 0 aliphatic heterocycles. The number of rotatable bonds is 1. The van der Waals surface area contributed by atoms with Gasteiger partial charge in [0.05, 0.1) is 0 Å². The molecule has 0 fully saturated rings. The number of nitriles is 1. The van der Waals surface area contributed by atoms with Crippen molar-refractivity contribution in [2.45, 2.75) is 6.36 Å². The maximum Gasteiger partial charge on any atom is 0.573 e. The van der Waals surface area contributed by atoms with Crippen molar-refractivity contribution in [3.05, 3.63) is 22.2 Å². The SMILES string of the molecule is N#Cc1nc(Br)c(F)cc1OC(F)(F)F. The average Bonchev–Trinajstić information content (AvgIpc) is 2.08. The van der Waals surface area contributed by atoms with Crippen LogP contribution in [0.25, 0.3) is 0 Å². The third kappa shape index (κ3) is 3.06. The third-order valence-corrected chi connectivity index (χ3v) is 1.79. The van der Waals surface area contributed by atoms with Crippen LogP contribution >= 0.6 is 15.9 Å². The molecule has 0 aromatic carbocycles. The Labute approximate surface area is 89.4 Å². The molecule has 1 rings (SSSR count). The van der Waals surface area contributed by atoms with Crippen molar-refractivity contribution < 1.29 is 22.3 Å². The molecule has 0 spiro atoms.